The van der Waals surface area contributed by atoms with Crippen LogP contribution in [0.3, 0.4) is 0 Å². The van der Waals surface area contributed by atoms with Gasteiger partial charge in [-0.1, -0.05) is 0 Å². The number of hydrogen-bond acceptors (Lipinski definition) is 7. The Hall–Kier alpha value is -1.67. The Morgan fingerprint density at radius 2 is 2.15 bits per heavy atom. The first-order valence-electron chi connectivity index (χ1n) is 6.65. The summed E-state index contributed by atoms with van der Waals surface area (Å²) in [5.41, 5.74) is 11.0. The zero-order valence-electron chi connectivity index (χ0n) is 11.7. The first kappa shape index (κ1) is 16.4. The summed E-state index contributed by atoms with van der Waals surface area (Å²) in [5, 5.41) is 11.1. The van der Waals surface area contributed by atoms with E-state index in [1.54, 1.807) is 6.92 Å². The van der Waals surface area contributed by atoms with E-state index in [-0.39, 0.29) is 29.9 Å². The molecule has 0 bridgehead atoms. The number of nitrogens with two attached hydrogens (primary N) is 2. The average Bonchev–Trinajstić information content (AvgIpc) is 2.39. The maximum atomic E-state index is 11.1. The average molecular weight is 286 g/mol. The van der Waals surface area contributed by atoms with E-state index in [2.05, 4.69) is 4.99 Å². The Morgan fingerprint density at radius 1 is 1.50 bits per heavy atom. The van der Waals surface area contributed by atoms with Crippen molar-refractivity contribution in [3.63, 3.8) is 0 Å². The van der Waals surface area contributed by atoms with Crippen LogP contribution in [0.1, 0.15) is 26.2 Å². The number of nitrogens with zero attached hydrogens (tertiary/aromatic N) is 2. The lowest BCUT2D eigenvalue weighted by Crippen LogP contribution is -2.23. The molecule has 1 fully saturated rings. The van der Waals surface area contributed by atoms with Gasteiger partial charge in [-0.15, -0.1) is 0 Å². The van der Waals surface area contributed by atoms with Gasteiger partial charge in [0.05, 0.1) is 17.6 Å². The lowest BCUT2D eigenvalue weighted by atomic mass is 10.1. The molecule has 8 heteroatoms. The van der Waals surface area contributed by atoms with Crippen molar-refractivity contribution in [3.05, 3.63) is 21.7 Å². The van der Waals surface area contributed by atoms with Crippen LogP contribution in [0.25, 0.3) is 0 Å². The zero-order chi connectivity index (χ0) is 15.0. The van der Waals surface area contributed by atoms with Crippen LogP contribution < -0.4 is 11.5 Å². The molecule has 1 rings (SSSR count). The lowest BCUT2D eigenvalue weighted by molar-refractivity contribution is -0.418. The van der Waals surface area contributed by atoms with E-state index >= 15 is 0 Å². The van der Waals surface area contributed by atoms with Crippen molar-refractivity contribution in [2.75, 3.05) is 26.4 Å². The molecule has 1 aliphatic rings. The molecule has 0 aliphatic carbocycles. The monoisotopic (exact) mass is 286 g/mol. The Morgan fingerprint density at radius 3 is 2.70 bits per heavy atom. The molecule has 20 heavy (non-hydrogen) atoms. The lowest BCUT2D eigenvalue weighted by Gasteiger charge is -2.18. The van der Waals surface area contributed by atoms with Gasteiger partial charge in [-0.3, -0.25) is 15.1 Å². The molecule has 0 unspecified atom stereocenters. The molecule has 0 aromatic heterocycles. The summed E-state index contributed by atoms with van der Waals surface area (Å²) in [5.74, 6) is -0.211. The van der Waals surface area contributed by atoms with E-state index in [0.717, 1.165) is 12.8 Å². The minimum Gasteiger partial charge on any atom is -0.474 e. The highest BCUT2D eigenvalue weighted by Crippen LogP contribution is 2.14. The van der Waals surface area contributed by atoms with Crippen LogP contribution in [0.15, 0.2) is 16.6 Å². The molecule has 1 aliphatic heterocycles. The SMILES string of the molecule is CC(=NC1CCOCC1)C(=C(N)OCCCN)[N+](=O)[O-]. The maximum absolute atomic E-state index is 11.1. The smallest absolute Gasteiger partial charge is 0.348 e. The molecule has 1 saturated heterocycles. The van der Waals surface area contributed by atoms with Gasteiger partial charge in [0.2, 0.25) is 0 Å². The fourth-order valence-corrected chi connectivity index (χ4v) is 1.88. The van der Waals surface area contributed by atoms with Gasteiger partial charge in [0.25, 0.3) is 5.88 Å². The molecule has 114 valence electrons. The Bertz CT molecular complexity index is 389. The molecule has 4 N–H and O–H groups in total. The van der Waals surface area contributed by atoms with E-state index in [1.165, 1.54) is 0 Å². The fraction of sp³-hybridized carbons (Fsp3) is 0.750. The molecular formula is C12H22N4O4. The molecule has 0 spiro atoms. The van der Waals surface area contributed by atoms with Gasteiger partial charge in [0.1, 0.15) is 5.71 Å². The molecule has 0 amide bonds. The number of aliphatic imine (C=N–C) groups is 1. The van der Waals surface area contributed by atoms with E-state index in [0.29, 0.717) is 26.2 Å². The van der Waals surface area contributed by atoms with E-state index in [1.807, 2.05) is 0 Å². The minimum absolute atomic E-state index is 0.0375. The predicted octanol–water partition coefficient (Wildman–Crippen LogP) is 0.396. The highest BCUT2D eigenvalue weighted by Gasteiger charge is 2.24. The second-order valence-electron chi connectivity index (χ2n) is 4.52. The van der Waals surface area contributed by atoms with Gasteiger partial charge < -0.3 is 20.9 Å². The van der Waals surface area contributed by atoms with Gasteiger partial charge >= 0.3 is 5.70 Å². The molecular weight excluding hydrogens is 264 g/mol. The van der Waals surface area contributed by atoms with Gasteiger partial charge in [-0.2, -0.15) is 0 Å². The molecule has 8 nitrogen and oxygen atoms in total. The predicted molar refractivity (Wildman–Crippen MR) is 74.8 cm³/mol. The Kier molecular flexibility index (Phi) is 6.96. The standard InChI is InChI=1S/C12H22N4O4/c1-9(15-10-3-7-19-8-4-10)11(16(17)18)12(14)20-6-2-5-13/h10H,2-8,13-14H2,1H3. The summed E-state index contributed by atoms with van der Waals surface area (Å²) >= 11 is 0. The number of rotatable bonds is 7. The van der Waals surface area contributed by atoms with Crippen LogP contribution in [0.5, 0.6) is 0 Å². The molecule has 0 saturated carbocycles. The summed E-state index contributed by atoms with van der Waals surface area (Å²) < 4.78 is 10.4. The van der Waals surface area contributed by atoms with Crippen LogP contribution in [0, 0.1) is 10.1 Å². The van der Waals surface area contributed by atoms with Crippen molar-refractivity contribution in [1.29, 1.82) is 0 Å². The largest absolute Gasteiger partial charge is 0.474 e. The Labute approximate surface area is 118 Å². The molecule has 0 aromatic rings. The van der Waals surface area contributed by atoms with Gasteiger partial charge in [-0.25, -0.2) is 0 Å². The number of hydrogen-bond donors (Lipinski definition) is 2. The summed E-state index contributed by atoms with van der Waals surface area (Å²) in [6, 6.07) is 0.0375. The van der Waals surface area contributed by atoms with Crippen molar-refractivity contribution in [3.8, 4) is 0 Å². The van der Waals surface area contributed by atoms with E-state index < -0.39 is 4.92 Å². The van der Waals surface area contributed by atoms with Crippen molar-refractivity contribution >= 4 is 5.71 Å². The van der Waals surface area contributed by atoms with Crippen molar-refractivity contribution < 1.29 is 14.4 Å². The van der Waals surface area contributed by atoms with Crippen LogP contribution in [-0.2, 0) is 9.47 Å². The summed E-state index contributed by atoms with van der Waals surface area (Å²) in [6.45, 7) is 3.52. The number of allylic oxidation sites excluding steroid dienone is 1. The second-order valence-corrected chi connectivity index (χ2v) is 4.52. The molecule has 1 heterocycles. The van der Waals surface area contributed by atoms with Gasteiger partial charge in [-0.05, 0) is 32.7 Å². The normalized spacial score (nSPS) is 18.6. The van der Waals surface area contributed by atoms with Gasteiger partial charge in [0, 0.05) is 13.2 Å². The summed E-state index contributed by atoms with van der Waals surface area (Å²) in [6.07, 6.45) is 2.11. The van der Waals surface area contributed by atoms with Crippen LogP contribution in [0.4, 0.5) is 0 Å². The Balaban J connectivity index is 2.79. The van der Waals surface area contributed by atoms with Crippen molar-refractivity contribution in [1.82, 2.24) is 0 Å². The van der Waals surface area contributed by atoms with Crippen LogP contribution >= 0.6 is 0 Å². The fourth-order valence-electron chi connectivity index (χ4n) is 1.88. The number of nitro groups is 1. The van der Waals surface area contributed by atoms with Gasteiger partial charge in [0.15, 0.2) is 0 Å². The highest BCUT2D eigenvalue weighted by atomic mass is 16.6. The topological polar surface area (TPSA) is 126 Å². The summed E-state index contributed by atoms with van der Waals surface area (Å²) in [4.78, 5) is 14.9. The summed E-state index contributed by atoms with van der Waals surface area (Å²) in [7, 11) is 0. The first-order valence-corrected chi connectivity index (χ1v) is 6.65. The molecule has 0 atom stereocenters. The van der Waals surface area contributed by atoms with Crippen molar-refractivity contribution in [2.24, 2.45) is 16.5 Å². The number of ether oxygens (including phenoxy) is 2. The second kappa shape index (κ2) is 8.49. The third-order valence-corrected chi connectivity index (χ3v) is 2.93. The first-order chi connectivity index (χ1) is 9.56. The maximum Gasteiger partial charge on any atom is 0.348 e. The quantitative estimate of drug-likeness (QED) is 0.229. The van der Waals surface area contributed by atoms with Crippen LogP contribution in [0.2, 0.25) is 0 Å². The van der Waals surface area contributed by atoms with Crippen LogP contribution in [-0.4, -0.2) is 43.0 Å². The zero-order valence-corrected chi connectivity index (χ0v) is 11.7. The highest BCUT2D eigenvalue weighted by molar-refractivity contribution is 5.96. The van der Waals surface area contributed by atoms with E-state index in [4.69, 9.17) is 20.9 Å². The molecule has 0 aromatic carbocycles. The minimum atomic E-state index is -0.560. The third kappa shape index (κ3) is 5.14. The third-order valence-electron chi connectivity index (χ3n) is 2.93. The van der Waals surface area contributed by atoms with Crippen molar-refractivity contribution in [2.45, 2.75) is 32.2 Å². The molecule has 0 radical (unpaired) electrons. The van der Waals surface area contributed by atoms with E-state index in [9.17, 15) is 10.1 Å².